The van der Waals surface area contributed by atoms with E-state index in [2.05, 4.69) is 12.1 Å². The number of hydrogen-bond donors (Lipinski definition) is 0. The van der Waals surface area contributed by atoms with E-state index in [0.29, 0.717) is 26.2 Å². The maximum Gasteiger partial charge on any atom is 0.327 e. The summed E-state index contributed by atoms with van der Waals surface area (Å²) in [4.78, 5) is 41.3. The van der Waals surface area contributed by atoms with Crippen molar-refractivity contribution in [3.8, 4) is 5.75 Å². The number of imide groups is 1. The first kappa shape index (κ1) is 16.9. The minimum atomic E-state index is -0.707. The van der Waals surface area contributed by atoms with Crippen LogP contribution in [0.3, 0.4) is 0 Å². The number of piperazine rings is 1. The van der Waals surface area contributed by atoms with Gasteiger partial charge in [-0.05, 0) is 30.5 Å². The van der Waals surface area contributed by atoms with Crippen LogP contribution >= 0.6 is 0 Å². The zero-order chi connectivity index (χ0) is 18.3. The van der Waals surface area contributed by atoms with E-state index in [4.69, 9.17) is 4.74 Å². The highest BCUT2D eigenvalue weighted by Crippen LogP contribution is 2.33. The molecule has 1 atom stereocenters. The first-order valence-electron chi connectivity index (χ1n) is 9.23. The van der Waals surface area contributed by atoms with E-state index in [-0.39, 0.29) is 18.5 Å². The number of nitrogens with zero attached hydrogens (tertiary/aromatic N) is 3. The molecule has 1 aromatic rings. The lowest BCUT2D eigenvalue weighted by Gasteiger charge is -2.34. The third-order valence-electron chi connectivity index (χ3n) is 5.57. The average molecular weight is 357 g/mol. The number of amides is 4. The molecule has 0 bridgehead atoms. The standard InChI is InChI=1S/C19H23N3O4/c1-2-20-8-9-22(18(24)17(20)23)19(25)21-7-5-15(12-21)13-3-4-16-14(11-13)6-10-26-16/h3-4,11,15H,2,5-10,12H2,1H3/t15-/m0/s1. The second-order valence-electron chi connectivity index (χ2n) is 7.02. The number of urea groups is 1. The fourth-order valence-corrected chi connectivity index (χ4v) is 4.00. The van der Waals surface area contributed by atoms with Crippen LogP contribution in [0.5, 0.6) is 5.75 Å². The van der Waals surface area contributed by atoms with Gasteiger partial charge >= 0.3 is 17.8 Å². The third-order valence-corrected chi connectivity index (χ3v) is 5.57. The van der Waals surface area contributed by atoms with Crippen molar-refractivity contribution < 1.29 is 19.1 Å². The van der Waals surface area contributed by atoms with Crippen molar-refractivity contribution in [3.63, 3.8) is 0 Å². The van der Waals surface area contributed by atoms with Gasteiger partial charge in [-0.2, -0.15) is 0 Å². The van der Waals surface area contributed by atoms with Crippen molar-refractivity contribution in [2.24, 2.45) is 0 Å². The number of benzene rings is 1. The predicted octanol–water partition coefficient (Wildman–Crippen LogP) is 1.22. The summed E-state index contributed by atoms with van der Waals surface area (Å²) in [6.45, 7) is 4.91. The Balaban J connectivity index is 1.43. The third kappa shape index (κ3) is 2.81. The summed E-state index contributed by atoms with van der Waals surface area (Å²) < 4.78 is 5.55. The van der Waals surface area contributed by atoms with Gasteiger partial charge in [-0.25, -0.2) is 4.79 Å². The van der Waals surface area contributed by atoms with Crippen LogP contribution in [0.15, 0.2) is 18.2 Å². The molecule has 0 aromatic heterocycles. The van der Waals surface area contributed by atoms with Crippen LogP contribution in [-0.2, 0) is 16.0 Å². The molecule has 26 heavy (non-hydrogen) atoms. The Morgan fingerprint density at radius 2 is 2.04 bits per heavy atom. The van der Waals surface area contributed by atoms with Gasteiger partial charge in [0, 0.05) is 45.1 Å². The number of ether oxygens (including phenoxy) is 1. The topological polar surface area (TPSA) is 70.2 Å². The molecular formula is C19H23N3O4. The maximum atomic E-state index is 12.8. The monoisotopic (exact) mass is 357 g/mol. The fraction of sp³-hybridized carbons (Fsp3) is 0.526. The van der Waals surface area contributed by atoms with Crippen molar-refractivity contribution in [2.45, 2.75) is 25.7 Å². The van der Waals surface area contributed by atoms with Crippen LogP contribution in [-0.4, -0.2) is 71.9 Å². The zero-order valence-corrected chi connectivity index (χ0v) is 14.9. The van der Waals surface area contributed by atoms with Crippen molar-refractivity contribution in [2.75, 3.05) is 39.3 Å². The predicted molar refractivity (Wildman–Crippen MR) is 93.9 cm³/mol. The highest BCUT2D eigenvalue weighted by Gasteiger charge is 2.39. The van der Waals surface area contributed by atoms with E-state index in [9.17, 15) is 14.4 Å². The quantitative estimate of drug-likeness (QED) is 0.747. The van der Waals surface area contributed by atoms with E-state index in [1.165, 1.54) is 16.0 Å². The molecule has 3 heterocycles. The van der Waals surface area contributed by atoms with E-state index in [1.54, 1.807) is 4.90 Å². The number of carbonyl (C=O) groups is 3. The van der Waals surface area contributed by atoms with E-state index >= 15 is 0 Å². The zero-order valence-electron chi connectivity index (χ0n) is 14.9. The number of fused-ring (bicyclic) bond motifs is 1. The molecular weight excluding hydrogens is 334 g/mol. The molecule has 0 spiro atoms. The van der Waals surface area contributed by atoms with Crippen LogP contribution in [0, 0.1) is 0 Å². The lowest BCUT2D eigenvalue weighted by Crippen LogP contribution is -2.58. The number of carbonyl (C=O) groups excluding carboxylic acids is 3. The molecule has 0 N–H and O–H groups in total. The fourth-order valence-electron chi connectivity index (χ4n) is 4.00. The Morgan fingerprint density at radius 1 is 1.19 bits per heavy atom. The van der Waals surface area contributed by atoms with Gasteiger partial charge in [-0.15, -0.1) is 0 Å². The summed E-state index contributed by atoms with van der Waals surface area (Å²) in [5.74, 6) is -0.0760. The molecule has 138 valence electrons. The van der Waals surface area contributed by atoms with Gasteiger partial charge in [-0.3, -0.25) is 14.5 Å². The highest BCUT2D eigenvalue weighted by molar-refractivity contribution is 6.38. The van der Waals surface area contributed by atoms with Gasteiger partial charge in [0.05, 0.1) is 6.61 Å². The summed E-state index contributed by atoms with van der Waals surface area (Å²) in [5, 5.41) is 0. The smallest absolute Gasteiger partial charge is 0.327 e. The molecule has 3 aliphatic heterocycles. The number of rotatable bonds is 2. The van der Waals surface area contributed by atoms with Gasteiger partial charge in [-0.1, -0.05) is 12.1 Å². The molecule has 7 heteroatoms. The lowest BCUT2D eigenvalue weighted by atomic mass is 9.96. The van der Waals surface area contributed by atoms with Gasteiger partial charge < -0.3 is 14.5 Å². The summed E-state index contributed by atoms with van der Waals surface area (Å²) in [6, 6.07) is 5.91. The first-order chi connectivity index (χ1) is 12.6. The molecule has 4 amide bonds. The Bertz CT molecular complexity index is 763. The molecule has 1 aromatic carbocycles. The average Bonchev–Trinajstić information content (AvgIpc) is 3.32. The Hall–Kier alpha value is -2.57. The van der Waals surface area contributed by atoms with Gasteiger partial charge in [0.15, 0.2) is 0 Å². The van der Waals surface area contributed by atoms with E-state index in [1.807, 2.05) is 13.0 Å². The molecule has 0 unspecified atom stereocenters. The molecule has 2 fully saturated rings. The molecule has 7 nitrogen and oxygen atoms in total. The largest absolute Gasteiger partial charge is 0.493 e. The van der Waals surface area contributed by atoms with Gasteiger partial charge in [0.2, 0.25) is 0 Å². The minimum absolute atomic E-state index is 0.257. The molecule has 3 aliphatic rings. The van der Waals surface area contributed by atoms with Crippen LogP contribution in [0.4, 0.5) is 4.79 Å². The summed E-state index contributed by atoms with van der Waals surface area (Å²) in [5.41, 5.74) is 2.44. The first-order valence-corrected chi connectivity index (χ1v) is 9.23. The number of likely N-dealkylation sites (N-methyl/N-ethyl adjacent to an activating group) is 1. The van der Waals surface area contributed by atoms with Gasteiger partial charge in [0.25, 0.3) is 0 Å². The SMILES string of the molecule is CCN1CCN(C(=O)N2CC[C@H](c3ccc4c(c3)CCO4)C2)C(=O)C1=O. The van der Waals surface area contributed by atoms with Crippen LogP contribution < -0.4 is 4.74 Å². The van der Waals surface area contributed by atoms with Crippen LogP contribution in [0.1, 0.15) is 30.4 Å². The lowest BCUT2D eigenvalue weighted by molar-refractivity contribution is -0.153. The normalized spacial score (nSPS) is 22.7. The molecule has 0 radical (unpaired) electrons. The van der Waals surface area contributed by atoms with E-state index < -0.39 is 11.8 Å². The van der Waals surface area contributed by atoms with Crippen molar-refractivity contribution in [1.82, 2.24) is 14.7 Å². The van der Waals surface area contributed by atoms with Gasteiger partial charge in [0.1, 0.15) is 5.75 Å². The molecule has 4 rings (SSSR count). The summed E-state index contributed by atoms with van der Waals surface area (Å²) in [7, 11) is 0. The molecule has 2 saturated heterocycles. The summed E-state index contributed by atoms with van der Waals surface area (Å²) >= 11 is 0. The van der Waals surface area contributed by atoms with Crippen molar-refractivity contribution in [3.05, 3.63) is 29.3 Å². The van der Waals surface area contributed by atoms with E-state index in [0.717, 1.165) is 30.1 Å². The number of likely N-dealkylation sites (tertiary alicyclic amines) is 1. The van der Waals surface area contributed by atoms with Crippen LogP contribution in [0.2, 0.25) is 0 Å². The maximum absolute atomic E-state index is 12.8. The molecule has 0 aliphatic carbocycles. The second kappa shape index (κ2) is 6.63. The van der Waals surface area contributed by atoms with Crippen molar-refractivity contribution in [1.29, 1.82) is 0 Å². The Kier molecular flexibility index (Phi) is 4.30. The Morgan fingerprint density at radius 3 is 2.85 bits per heavy atom. The Labute approximate surface area is 152 Å². The minimum Gasteiger partial charge on any atom is -0.493 e. The summed E-state index contributed by atoms with van der Waals surface area (Å²) in [6.07, 6.45) is 1.79. The van der Waals surface area contributed by atoms with Crippen LogP contribution in [0.25, 0.3) is 0 Å². The number of hydrogen-bond acceptors (Lipinski definition) is 4. The highest BCUT2D eigenvalue weighted by atomic mass is 16.5. The molecule has 0 saturated carbocycles. The van der Waals surface area contributed by atoms with Crippen molar-refractivity contribution >= 4 is 17.8 Å². The second-order valence-corrected chi connectivity index (χ2v) is 7.02.